The van der Waals surface area contributed by atoms with E-state index in [0.29, 0.717) is 0 Å². The van der Waals surface area contributed by atoms with Crippen LogP contribution in [0.25, 0.3) is 0 Å². The summed E-state index contributed by atoms with van der Waals surface area (Å²) < 4.78 is 0. The van der Waals surface area contributed by atoms with Gasteiger partial charge in [0.25, 0.3) is 0 Å². The molecule has 0 aromatic heterocycles. The molecule has 0 N–H and O–H groups in total. The van der Waals surface area contributed by atoms with Crippen LogP contribution in [0.15, 0.2) is 4.99 Å². The van der Waals surface area contributed by atoms with Crippen LogP contribution in [0.2, 0.25) is 0 Å². The molecule has 0 aromatic rings. The predicted octanol–water partition coefficient (Wildman–Crippen LogP) is 0.325. The maximum Gasteiger partial charge on any atom is 0.0273 e. The van der Waals surface area contributed by atoms with Crippen LogP contribution < -0.4 is 0 Å². The molecule has 0 unspecified atom stereocenters. The Hall–Kier alpha value is -0.410. The smallest absolute Gasteiger partial charge is 0.0273 e. The van der Waals surface area contributed by atoms with Crippen molar-refractivity contribution in [3.05, 3.63) is 0 Å². The highest BCUT2D eigenvalue weighted by atomic mass is 15.2. The van der Waals surface area contributed by atoms with Gasteiger partial charge in [-0.05, 0) is 19.7 Å². The molecule has 0 aliphatic carbocycles. The van der Waals surface area contributed by atoms with Crippen molar-refractivity contribution in [1.29, 1.82) is 0 Å². The standard InChI is InChI=1S/C9H19N3/c1-10-4-3-5-12-8-6-11(2)7-9-12/h4H,3,5-9H2,1-2H3/b10-4+. The van der Waals surface area contributed by atoms with Crippen LogP contribution in [0.3, 0.4) is 0 Å². The van der Waals surface area contributed by atoms with Gasteiger partial charge >= 0.3 is 0 Å². The fourth-order valence-corrected chi connectivity index (χ4v) is 1.44. The van der Waals surface area contributed by atoms with Crippen molar-refractivity contribution in [2.24, 2.45) is 4.99 Å². The Labute approximate surface area is 75.1 Å². The minimum absolute atomic E-state index is 1.10. The third kappa shape index (κ3) is 3.32. The first kappa shape index (κ1) is 9.68. The van der Waals surface area contributed by atoms with Crippen molar-refractivity contribution in [2.75, 3.05) is 46.8 Å². The fourth-order valence-electron chi connectivity index (χ4n) is 1.44. The highest BCUT2D eigenvalue weighted by Crippen LogP contribution is 1.98. The number of aliphatic imine (C=N–C) groups is 1. The number of piperazine rings is 1. The molecule has 12 heavy (non-hydrogen) atoms. The van der Waals surface area contributed by atoms with Crippen molar-refractivity contribution in [1.82, 2.24) is 9.80 Å². The molecule has 1 aliphatic rings. The summed E-state index contributed by atoms with van der Waals surface area (Å²) in [6, 6.07) is 0. The highest BCUT2D eigenvalue weighted by molar-refractivity contribution is 5.56. The molecule has 70 valence electrons. The molecule has 0 atom stereocenters. The van der Waals surface area contributed by atoms with E-state index < -0.39 is 0 Å². The minimum Gasteiger partial charge on any atom is -0.304 e. The SMILES string of the molecule is C/N=C/CCN1CCN(C)CC1. The van der Waals surface area contributed by atoms with Crippen molar-refractivity contribution < 1.29 is 0 Å². The lowest BCUT2D eigenvalue weighted by Gasteiger charge is -2.31. The van der Waals surface area contributed by atoms with Gasteiger partial charge in [-0.1, -0.05) is 0 Å². The third-order valence-corrected chi connectivity index (χ3v) is 2.35. The monoisotopic (exact) mass is 169 g/mol. The van der Waals surface area contributed by atoms with Crippen LogP contribution in [0.4, 0.5) is 0 Å². The summed E-state index contributed by atoms with van der Waals surface area (Å²) in [5.41, 5.74) is 0. The number of nitrogens with zero attached hydrogens (tertiary/aromatic N) is 3. The second-order valence-corrected chi connectivity index (χ2v) is 3.37. The summed E-state index contributed by atoms with van der Waals surface area (Å²) in [4.78, 5) is 8.85. The molecule has 0 spiro atoms. The van der Waals surface area contributed by atoms with E-state index in [-0.39, 0.29) is 0 Å². The van der Waals surface area contributed by atoms with E-state index in [1.54, 1.807) is 0 Å². The van der Waals surface area contributed by atoms with Crippen molar-refractivity contribution in [3.63, 3.8) is 0 Å². The molecule has 0 radical (unpaired) electrons. The molecule has 0 amide bonds. The first-order valence-corrected chi connectivity index (χ1v) is 4.64. The van der Waals surface area contributed by atoms with Crippen molar-refractivity contribution in [2.45, 2.75) is 6.42 Å². The Bertz CT molecular complexity index is 137. The Morgan fingerprint density at radius 1 is 1.25 bits per heavy atom. The molecule has 1 rings (SSSR count). The van der Waals surface area contributed by atoms with E-state index in [1.807, 2.05) is 13.3 Å². The van der Waals surface area contributed by atoms with E-state index in [4.69, 9.17) is 0 Å². The quantitative estimate of drug-likeness (QED) is 0.567. The predicted molar refractivity (Wildman–Crippen MR) is 53.0 cm³/mol. The summed E-state index contributed by atoms with van der Waals surface area (Å²) >= 11 is 0. The Morgan fingerprint density at radius 2 is 1.92 bits per heavy atom. The molecule has 3 heteroatoms. The van der Waals surface area contributed by atoms with Crippen LogP contribution in [0.1, 0.15) is 6.42 Å². The number of hydrogen-bond acceptors (Lipinski definition) is 3. The van der Waals surface area contributed by atoms with Gasteiger partial charge in [0.1, 0.15) is 0 Å². The van der Waals surface area contributed by atoms with E-state index in [9.17, 15) is 0 Å². The lowest BCUT2D eigenvalue weighted by Crippen LogP contribution is -2.44. The zero-order chi connectivity index (χ0) is 8.81. The number of likely N-dealkylation sites (N-methyl/N-ethyl adjacent to an activating group) is 1. The van der Waals surface area contributed by atoms with Crippen LogP contribution in [-0.4, -0.2) is 62.8 Å². The van der Waals surface area contributed by atoms with Gasteiger partial charge in [-0.2, -0.15) is 0 Å². The van der Waals surface area contributed by atoms with Gasteiger partial charge in [0.05, 0.1) is 0 Å². The van der Waals surface area contributed by atoms with Gasteiger partial charge in [0.15, 0.2) is 0 Å². The molecule has 1 heterocycles. The maximum absolute atomic E-state index is 3.97. The normalized spacial score (nSPS) is 22.2. The van der Waals surface area contributed by atoms with Crippen molar-refractivity contribution in [3.8, 4) is 0 Å². The summed E-state index contributed by atoms with van der Waals surface area (Å²) in [5, 5.41) is 0. The molecule has 0 bridgehead atoms. The molecule has 0 aromatic carbocycles. The van der Waals surface area contributed by atoms with Crippen molar-refractivity contribution >= 4 is 6.21 Å². The van der Waals surface area contributed by atoms with E-state index in [2.05, 4.69) is 21.8 Å². The van der Waals surface area contributed by atoms with Crippen LogP contribution in [0, 0.1) is 0 Å². The maximum atomic E-state index is 3.97. The van der Waals surface area contributed by atoms with Crippen LogP contribution in [0.5, 0.6) is 0 Å². The average Bonchev–Trinajstić information content (AvgIpc) is 2.09. The van der Waals surface area contributed by atoms with Crippen LogP contribution >= 0.6 is 0 Å². The van der Waals surface area contributed by atoms with Gasteiger partial charge in [0.2, 0.25) is 0 Å². The summed E-state index contributed by atoms with van der Waals surface area (Å²) in [6.07, 6.45) is 3.10. The Balaban J connectivity index is 2.09. The number of hydrogen-bond donors (Lipinski definition) is 0. The third-order valence-electron chi connectivity index (χ3n) is 2.35. The average molecular weight is 169 g/mol. The molecular formula is C9H19N3. The first-order chi connectivity index (χ1) is 5.83. The minimum atomic E-state index is 1.10. The summed E-state index contributed by atoms with van der Waals surface area (Å²) in [6.45, 7) is 6.03. The van der Waals surface area contributed by atoms with Gasteiger partial charge in [-0.15, -0.1) is 0 Å². The summed E-state index contributed by atoms with van der Waals surface area (Å²) in [7, 11) is 4.02. The second-order valence-electron chi connectivity index (χ2n) is 3.37. The van der Waals surface area contributed by atoms with E-state index >= 15 is 0 Å². The Morgan fingerprint density at radius 3 is 2.50 bits per heavy atom. The molecular weight excluding hydrogens is 150 g/mol. The topological polar surface area (TPSA) is 18.8 Å². The number of rotatable bonds is 3. The molecule has 1 aliphatic heterocycles. The molecule has 3 nitrogen and oxygen atoms in total. The Kier molecular flexibility index (Phi) is 4.25. The van der Waals surface area contributed by atoms with E-state index in [0.717, 1.165) is 6.42 Å². The zero-order valence-electron chi connectivity index (χ0n) is 8.16. The van der Waals surface area contributed by atoms with Gasteiger partial charge in [-0.25, -0.2) is 0 Å². The van der Waals surface area contributed by atoms with Gasteiger partial charge in [-0.3, -0.25) is 0 Å². The van der Waals surface area contributed by atoms with Crippen LogP contribution in [-0.2, 0) is 0 Å². The molecule has 1 saturated heterocycles. The van der Waals surface area contributed by atoms with Gasteiger partial charge in [0, 0.05) is 39.8 Å². The largest absolute Gasteiger partial charge is 0.304 e. The molecule has 0 saturated carbocycles. The lowest BCUT2D eigenvalue weighted by atomic mass is 10.3. The highest BCUT2D eigenvalue weighted by Gasteiger charge is 2.11. The molecule has 1 fully saturated rings. The van der Waals surface area contributed by atoms with Gasteiger partial charge < -0.3 is 14.8 Å². The van der Waals surface area contributed by atoms with E-state index in [1.165, 1.54) is 32.7 Å². The summed E-state index contributed by atoms with van der Waals surface area (Å²) in [5.74, 6) is 0. The second kappa shape index (κ2) is 5.27. The first-order valence-electron chi connectivity index (χ1n) is 4.64. The fraction of sp³-hybridized carbons (Fsp3) is 0.889. The lowest BCUT2D eigenvalue weighted by molar-refractivity contribution is 0.157. The zero-order valence-corrected chi connectivity index (χ0v) is 8.16.